The summed E-state index contributed by atoms with van der Waals surface area (Å²) in [7, 11) is 2.30. The minimum atomic E-state index is -0.180. The maximum absolute atomic E-state index is 12.5. The van der Waals surface area contributed by atoms with E-state index in [-0.39, 0.29) is 6.03 Å². The Kier molecular flexibility index (Phi) is 4.39. The molecule has 2 fully saturated rings. The molecule has 2 N–H and O–H groups in total. The fourth-order valence-corrected chi connectivity index (χ4v) is 6.09. The molecule has 3 atom stereocenters. The van der Waals surface area contributed by atoms with Gasteiger partial charge in [0.25, 0.3) is 0 Å². The minimum Gasteiger partial charge on any atom is -0.308 e. The summed E-state index contributed by atoms with van der Waals surface area (Å²) in [6, 6.07) is 16.7. The number of benzene rings is 2. The summed E-state index contributed by atoms with van der Waals surface area (Å²) in [6.45, 7) is 1.19. The molecule has 2 bridgehead atoms. The van der Waals surface area contributed by atoms with Crippen LogP contribution in [-0.2, 0) is 11.8 Å². The fraction of sp³-hybridized carbons (Fsp3) is 0.458. The zero-order chi connectivity index (χ0) is 19.1. The lowest BCUT2D eigenvalue weighted by Gasteiger charge is -2.58. The van der Waals surface area contributed by atoms with Gasteiger partial charge < -0.3 is 15.5 Å². The second kappa shape index (κ2) is 6.93. The van der Waals surface area contributed by atoms with Gasteiger partial charge in [-0.2, -0.15) is 0 Å². The first-order chi connectivity index (χ1) is 13.7. The van der Waals surface area contributed by atoms with Gasteiger partial charge in [0.1, 0.15) is 0 Å². The van der Waals surface area contributed by atoms with Gasteiger partial charge in [0, 0.05) is 22.8 Å². The van der Waals surface area contributed by atoms with E-state index in [9.17, 15) is 4.79 Å². The lowest BCUT2D eigenvalue weighted by Crippen LogP contribution is -2.59. The number of carbonyl (C=O) groups excluding carboxylic acids is 1. The zero-order valence-corrected chi connectivity index (χ0v) is 16.6. The van der Waals surface area contributed by atoms with Gasteiger partial charge in [-0.3, -0.25) is 0 Å². The van der Waals surface area contributed by atoms with Crippen molar-refractivity contribution in [3.63, 3.8) is 0 Å². The Hall–Kier alpha value is -2.33. The largest absolute Gasteiger partial charge is 0.323 e. The molecule has 0 aromatic heterocycles. The van der Waals surface area contributed by atoms with Gasteiger partial charge in [-0.05, 0) is 80.6 Å². The third-order valence-electron chi connectivity index (χ3n) is 7.40. The molecule has 1 saturated carbocycles. The smallest absolute Gasteiger partial charge is 0.308 e. The molecule has 1 saturated heterocycles. The average Bonchev–Trinajstić information content (AvgIpc) is 2.72. The van der Waals surface area contributed by atoms with Crippen LogP contribution in [0.25, 0.3) is 0 Å². The maximum atomic E-state index is 12.5. The standard InChI is InChI=1S/C24H29N3O/c1-27-14-13-24-12-6-5-9-20(24)22(27)15-17-10-11-19(16-21(17)24)26-23(28)25-18-7-3-2-4-8-18/h2-4,7-8,10-11,16,20,22H,5-6,9,12-15H2,1H3,(H2,25,26,28)/t20-,22+,24+/m0/s1. The molecular formula is C24H29N3O. The highest BCUT2D eigenvalue weighted by Gasteiger charge is 2.52. The number of rotatable bonds is 2. The van der Waals surface area contributed by atoms with Crippen LogP contribution < -0.4 is 10.6 Å². The molecule has 146 valence electrons. The van der Waals surface area contributed by atoms with Crippen molar-refractivity contribution in [2.75, 3.05) is 24.2 Å². The van der Waals surface area contributed by atoms with Gasteiger partial charge in [-0.15, -0.1) is 0 Å². The summed E-state index contributed by atoms with van der Waals surface area (Å²) in [4.78, 5) is 15.1. The molecule has 4 heteroatoms. The van der Waals surface area contributed by atoms with Crippen molar-refractivity contribution in [1.29, 1.82) is 0 Å². The van der Waals surface area contributed by atoms with Crippen LogP contribution in [0.1, 0.15) is 43.2 Å². The number of hydrogen-bond donors (Lipinski definition) is 2. The minimum absolute atomic E-state index is 0.180. The summed E-state index contributed by atoms with van der Waals surface area (Å²) >= 11 is 0. The van der Waals surface area contributed by atoms with Crippen molar-refractivity contribution in [2.45, 2.75) is 50.0 Å². The Bertz CT molecular complexity index is 881. The van der Waals surface area contributed by atoms with E-state index in [1.165, 1.54) is 49.8 Å². The van der Waals surface area contributed by atoms with Gasteiger partial charge in [-0.1, -0.05) is 37.1 Å². The number of anilines is 2. The Morgan fingerprint density at radius 1 is 1.04 bits per heavy atom. The number of para-hydroxylation sites is 1. The van der Waals surface area contributed by atoms with Crippen molar-refractivity contribution in [3.05, 3.63) is 59.7 Å². The number of likely N-dealkylation sites (N-methyl/N-ethyl adjacent to an activating group) is 1. The van der Waals surface area contributed by atoms with Gasteiger partial charge in [-0.25, -0.2) is 4.79 Å². The molecule has 2 aromatic carbocycles. The molecule has 2 aromatic rings. The first-order valence-electron chi connectivity index (χ1n) is 10.6. The number of carbonyl (C=O) groups is 1. The molecule has 0 radical (unpaired) electrons. The maximum Gasteiger partial charge on any atom is 0.323 e. The Morgan fingerprint density at radius 2 is 1.86 bits per heavy atom. The van der Waals surface area contributed by atoms with E-state index in [1.54, 1.807) is 0 Å². The van der Waals surface area contributed by atoms with Crippen LogP contribution in [0.15, 0.2) is 48.5 Å². The van der Waals surface area contributed by atoms with Crippen LogP contribution in [0.4, 0.5) is 16.2 Å². The normalized spacial score (nSPS) is 28.8. The molecule has 0 unspecified atom stereocenters. The van der Waals surface area contributed by atoms with E-state index in [4.69, 9.17) is 0 Å². The zero-order valence-electron chi connectivity index (χ0n) is 16.6. The number of piperidine rings is 1. The Labute approximate surface area is 167 Å². The van der Waals surface area contributed by atoms with Gasteiger partial charge in [0.15, 0.2) is 0 Å². The van der Waals surface area contributed by atoms with Crippen molar-refractivity contribution >= 4 is 17.4 Å². The second-order valence-electron chi connectivity index (χ2n) is 8.83. The van der Waals surface area contributed by atoms with Gasteiger partial charge in [0.2, 0.25) is 0 Å². The molecule has 2 amide bonds. The van der Waals surface area contributed by atoms with Crippen molar-refractivity contribution < 1.29 is 4.79 Å². The number of likely N-dealkylation sites (tertiary alicyclic amines) is 1. The van der Waals surface area contributed by atoms with Gasteiger partial charge in [0.05, 0.1) is 0 Å². The van der Waals surface area contributed by atoms with E-state index >= 15 is 0 Å². The quantitative estimate of drug-likeness (QED) is 0.774. The summed E-state index contributed by atoms with van der Waals surface area (Å²) in [5.74, 6) is 0.765. The summed E-state index contributed by atoms with van der Waals surface area (Å²) < 4.78 is 0. The molecule has 2 aliphatic carbocycles. The average molecular weight is 376 g/mol. The van der Waals surface area contributed by atoms with Crippen LogP contribution in [-0.4, -0.2) is 30.6 Å². The summed E-state index contributed by atoms with van der Waals surface area (Å²) in [5.41, 5.74) is 5.03. The Balaban J connectivity index is 1.43. The van der Waals surface area contributed by atoms with E-state index < -0.39 is 0 Å². The number of nitrogens with zero attached hydrogens (tertiary/aromatic N) is 1. The van der Waals surface area contributed by atoms with E-state index in [2.05, 4.69) is 40.8 Å². The highest BCUT2D eigenvalue weighted by atomic mass is 16.2. The predicted molar refractivity (Wildman–Crippen MR) is 114 cm³/mol. The molecule has 5 rings (SSSR count). The van der Waals surface area contributed by atoms with Crippen LogP contribution in [0.3, 0.4) is 0 Å². The van der Waals surface area contributed by atoms with Crippen molar-refractivity contribution in [3.8, 4) is 0 Å². The fourth-order valence-electron chi connectivity index (χ4n) is 6.09. The summed E-state index contributed by atoms with van der Waals surface area (Å²) in [6.07, 6.45) is 7.74. The molecule has 3 aliphatic rings. The number of urea groups is 1. The third kappa shape index (κ3) is 2.91. The van der Waals surface area contributed by atoms with Crippen LogP contribution >= 0.6 is 0 Å². The van der Waals surface area contributed by atoms with Crippen molar-refractivity contribution in [1.82, 2.24) is 4.90 Å². The molecule has 4 nitrogen and oxygen atoms in total. The monoisotopic (exact) mass is 375 g/mol. The molecule has 1 heterocycles. The molecule has 1 aliphatic heterocycles. The van der Waals surface area contributed by atoms with E-state index in [1.807, 2.05) is 30.3 Å². The van der Waals surface area contributed by atoms with Gasteiger partial charge >= 0.3 is 6.03 Å². The van der Waals surface area contributed by atoms with Crippen LogP contribution in [0.2, 0.25) is 0 Å². The number of amides is 2. The number of nitrogens with one attached hydrogen (secondary N) is 2. The second-order valence-corrected chi connectivity index (χ2v) is 8.83. The van der Waals surface area contributed by atoms with E-state index in [0.29, 0.717) is 11.5 Å². The van der Waals surface area contributed by atoms with Crippen molar-refractivity contribution in [2.24, 2.45) is 5.92 Å². The third-order valence-corrected chi connectivity index (χ3v) is 7.40. The molecular weight excluding hydrogens is 346 g/mol. The predicted octanol–water partition coefficient (Wildman–Crippen LogP) is 5.02. The number of fused-ring (bicyclic) bond motifs is 1. The molecule has 28 heavy (non-hydrogen) atoms. The topological polar surface area (TPSA) is 44.4 Å². The lowest BCUT2D eigenvalue weighted by molar-refractivity contribution is 0.00290. The van der Waals surface area contributed by atoms with Crippen LogP contribution in [0.5, 0.6) is 0 Å². The highest BCUT2D eigenvalue weighted by Crippen LogP contribution is 2.55. The summed E-state index contributed by atoms with van der Waals surface area (Å²) in [5, 5.41) is 5.97. The first-order valence-corrected chi connectivity index (χ1v) is 10.6. The lowest BCUT2D eigenvalue weighted by atomic mass is 9.52. The van der Waals surface area contributed by atoms with E-state index in [0.717, 1.165) is 23.7 Å². The molecule has 0 spiro atoms. The number of hydrogen-bond acceptors (Lipinski definition) is 2. The first kappa shape index (κ1) is 17.7. The SMILES string of the molecule is CN1CC[C@]23CCCC[C@H]2[C@H]1Cc1ccc(NC(=O)Nc2ccccc2)cc13. The Morgan fingerprint density at radius 3 is 2.71 bits per heavy atom. The van der Waals surface area contributed by atoms with Crippen LogP contribution in [0, 0.1) is 5.92 Å². The highest BCUT2D eigenvalue weighted by molar-refractivity contribution is 5.99.